The molecule has 17 heavy (non-hydrogen) atoms. The van der Waals surface area contributed by atoms with Crippen molar-refractivity contribution in [1.29, 1.82) is 0 Å². The molecule has 0 bridgehead atoms. The van der Waals surface area contributed by atoms with Crippen molar-refractivity contribution in [3.05, 3.63) is 0 Å². The molecule has 0 aliphatic rings. The summed E-state index contributed by atoms with van der Waals surface area (Å²) in [4.78, 5) is 10.7. The normalized spacial score (nSPS) is 12.1. The third-order valence-electron chi connectivity index (χ3n) is 2.65. The lowest BCUT2D eigenvalue weighted by atomic mass is 10.4. The number of nitrogens with zero attached hydrogens (tertiary/aromatic N) is 4. The highest BCUT2D eigenvalue weighted by atomic mass is 16.4. The Morgan fingerprint density at radius 3 is 1.82 bits per heavy atom. The number of carbonyl (C=O) groups is 1. The first-order valence-corrected chi connectivity index (χ1v) is 5.94. The summed E-state index contributed by atoms with van der Waals surface area (Å²) in [6, 6.07) is 0. The van der Waals surface area contributed by atoms with Crippen molar-refractivity contribution in [2.45, 2.75) is 13.3 Å². The van der Waals surface area contributed by atoms with Crippen LogP contribution in [0.1, 0.15) is 13.3 Å². The van der Waals surface area contributed by atoms with E-state index in [0.29, 0.717) is 0 Å². The Morgan fingerprint density at radius 2 is 1.47 bits per heavy atom. The van der Waals surface area contributed by atoms with E-state index in [2.05, 4.69) is 16.9 Å². The Labute approximate surface area is 104 Å². The summed E-state index contributed by atoms with van der Waals surface area (Å²) >= 11 is 0. The fraction of sp³-hybridized carbons (Fsp3) is 0.909. The summed E-state index contributed by atoms with van der Waals surface area (Å²) in [6.07, 6.45) is 0.942. The van der Waals surface area contributed by atoms with Gasteiger partial charge in [0.25, 0.3) is 0 Å². The second-order valence-electron chi connectivity index (χ2n) is 4.38. The molecule has 0 radical (unpaired) electrons. The molecule has 0 atom stereocenters. The molecule has 0 aromatic heterocycles. The second-order valence-corrected chi connectivity index (χ2v) is 4.38. The van der Waals surface area contributed by atoms with Gasteiger partial charge in [0.05, 0.1) is 0 Å². The van der Waals surface area contributed by atoms with Gasteiger partial charge in [0.2, 0.25) is 0 Å². The first-order valence-electron chi connectivity index (χ1n) is 5.94. The van der Waals surface area contributed by atoms with Crippen LogP contribution in [-0.2, 0) is 4.79 Å². The van der Waals surface area contributed by atoms with Crippen LogP contribution < -0.4 is 0 Å². The van der Waals surface area contributed by atoms with E-state index in [1.54, 1.807) is 0 Å². The molecule has 0 saturated heterocycles. The molecule has 0 fully saturated rings. The highest BCUT2D eigenvalue weighted by Crippen LogP contribution is 1.98. The van der Waals surface area contributed by atoms with Crippen molar-refractivity contribution in [1.82, 2.24) is 20.0 Å². The number of hydrogen-bond donors (Lipinski definition) is 1. The number of hydrazine groups is 2. The van der Waals surface area contributed by atoms with E-state index in [1.165, 1.54) is 0 Å². The predicted octanol–water partition coefficient (Wildman–Crippen LogP) is 0.0382. The zero-order chi connectivity index (χ0) is 13.4. The van der Waals surface area contributed by atoms with E-state index in [0.717, 1.165) is 26.1 Å². The predicted molar refractivity (Wildman–Crippen MR) is 68.4 cm³/mol. The van der Waals surface area contributed by atoms with Crippen LogP contribution in [0.4, 0.5) is 0 Å². The molecule has 0 aromatic carbocycles. The zero-order valence-electron chi connectivity index (χ0n) is 11.7. The minimum atomic E-state index is -0.793. The van der Waals surface area contributed by atoms with Crippen LogP contribution >= 0.6 is 0 Å². The second kappa shape index (κ2) is 8.41. The van der Waals surface area contributed by atoms with Gasteiger partial charge in [-0.05, 0) is 6.42 Å². The lowest BCUT2D eigenvalue weighted by molar-refractivity contribution is -0.142. The van der Waals surface area contributed by atoms with Crippen LogP contribution in [-0.4, -0.2) is 85.5 Å². The number of carboxylic acids is 1. The third kappa shape index (κ3) is 7.27. The van der Waals surface area contributed by atoms with Gasteiger partial charge in [0.15, 0.2) is 0 Å². The van der Waals surface area contributed by atoms with Crippen LogP contribution in [0.3, 0.4) is 0 Å². The third-order valence-corrected chi connectivity index (χ3v) is 2.65. The van der Waals surface area contributed by atoms with Crippen LogP contribution in [0, 0.1) is 0 Å². The Bertz CT molecular complexity index is 222. The molecule has 102 valence electrons. The molecule has 6 nitrogen and oxygen atoms in total. The molecule has 0 aliphatic heterocycles. The van der Waals surface area contributed by atoms with Gasteiger partial charge in [-0.1, -0.05) is 6.92 Å². The summed E-state index contributed by atoms with van der Waals surface area (Å²) in [5.41, 5.74) is 0. The van der Waals surface area contributed by atoms with Crippen LogP contribution in [0.15, 0.2) is 0 Å². The van der Waals surface area contributed by atoms with Gasteiger partial charge in [-0.3, -0.25) is 4.79 Å². The Hall–Kier alpha value is -0.690. The Morgan fingerprint density at radius 1 is 1.00 bits per heavy atom. The number of carboxylic acid groups (broad SMARTS) is 1. The van der Waals surface area contributed by atoms with Crippen molar-refractivity contribution >= 4 is 5.97 Å². The standard InChI is InChI=1S/C11H26N4O2/c1-6-14(12(2)3)8-7-9-15(13(4)5)10-11(16)17/h6-10H2,1-5H3,(H,16,17). The first-order chi connectivity index (χ1) is 7.88. The number of aliphatic carboxylic acids is 1. The van der Waals surface area contributed by atoms with Gasteiger partial charge in [-0.15, -0.1) is 0 Å². The summed E-state index contributed by atoms with van der Waals surface area (Å²) in [6.45, 7) is 4.83. The Kier molecular flexibility index (Phi) is 8.07. The van der Waals surface area contributed by atoms with Gasteiger partial charge < -0.3 is 5.11 Å². The van der Waals surface area contributed by atoms with Crippen LogP contribution in [0.25, 0.3) is 0 Å². The first kappa shape index (κ1) is 16.3. The summed E-state index contributed by atoms with van der Waals surface area (Å²) < 4.78 is 0. The molecule has 6 heteroatoms. The molecule has 0 unspecified atom stereocenters. The highest BCUT2D eigenvalue weighted by molar-refractivity contribution is 5.68. The van der Waals surface area contributed by atoms with E-state index in [4.69, 9.17) is 5.11 Å². The topological polar surface area (TPSA) is 50.3 Å². The van der Waals surface area contributed by atoms with Crippen LogP contribution in [0.5, 0.6) is 0 Å². The minimum absolute atomic E-state index is 0.0566. The van der Waals surface area contributed by atoms with Crippen molar-refractivity contribution in [2.24, 2.45) is 0 Å². The van der Waals surface area contributed by atoms with Crippen molar-refractivity contribution in [3.8, 4) is 0 Å². The van der Waals surface area contributed by atoms with Gasteiger partial charge in [-0.2, -0.15) is 0 Å². The molecular formula is C11H26N4O2. The minimum Gasteiger partial charge on any atom is -0.480 e. The maximum atomic E-state index is 10.7. The van der Waals surface area contributed by atoms with Gasteiger partial charge in [-0.25, -0.2) is 20.0 Å². The van der Waals surface area contributed by atoms with Crippen LogP contribution in [0.2, 0.25) is 0 Å². The summed E-state index contributed by atoms with van der Waals surface area (Å²) in [5, 5.41) is 16.7. The summed E-state index contributed by atoms with van der Waals surface area (Å²) in [5.74, 6) is -0.793. The van der Waals surface area contributed by atoms with E-state index in [-0.39, 0.29) is 6.54 Å². The summed E-state index contributed by atoms with van der Waals surface area (Å²) in [7, 11) is 7.77. The van der Waals surface area contributed by atoms with Crippen molar-refractivity contribution in [3.63, 3.8) is 0 Å². The smallest absolute Gasteiger partial charge is 0.319 e. The van der Waals surface area contributed by atoms with Gasteiger partial charge in [0, 0.05) is 47.8 Å². The van der Waals surface area contributed by atoms with E-state index < -0.39 is 5.97 Å². The number of rotatable bonds is 9. The molecule has 0 spiro atoms. The highest BCUT2D eigenvalue weighted by Gasteiger charge is 2.12. The molecule has 0 rings (SSSR count). The quantitative estimate of drug-likeness (QED) is 0.580. The van der Waals surface area contributed by atoms with Crippen molar-refractivity contribution < 1.29 is 9.90 Å². The van der Waals surface area contributed by atoms with E-state index in [9.17, 15) is 4.79 Å². The molecule has 0 aromatic rings. The SMILES string of the molecule is CCN(CCCN(CC(=O)O)N(C)C)N(C)C. The monoisotopic (exact) mass is 246 g/mol. The lowest BCUT2D eigenvalue weighted by Gasteiger charge is -2.30. The molecule has 0 heterocycles. The Balaban J connectivity index is 4.00. The average Bonchev–Trinajstić information content (AvgIpc) is 2.21. The molecular weight excluding hydrogens is 220 g/mol. The van der Waals surface area contributed by atoms with Gasteiger partial charge in [0.1, 0.15) is 6.54 Å². The lowest BCUT2D eigenvalue weighted by Crippen LogP contribution is -2.43. The maximum absolute atomic E-state index is 10.7. The van der Waals surface area contributed by atoms with E-state index >= 15 is 0 Å². The fourth-order valence-electron chi connectivity index (χ4n) is 1.65. The maximum Gasteiger partial charge on any atom is 0.319 e. The zero-order valence-corrected chi connectivity index (χ0v) is 11.7. The van der Waals surface area contributed by atoms with E-state index in [1.807, 2.05) is 38.2 Å². The molecule has 0 amide bonds. The van der Waals surface area contributed by atoms with Crippen molar-refractivity contribution in [2.75, 3.05) is 54.4 Å². The molecule has 0 aliphatic carbocycles. The fourth-order valence-corrected chi connectivity index (χ4v) is 1.65. The largest absolute Gasteiger partial charge is 0.480 e. The number of hydrogen-bond acceptors (Lipinski definition) is 5. The average molecular weight is 246 g/mol. The van der Waals surface area contributed by atoms with Gasteiger partial charge >= 0.3 is 5.97 Å². The molecule has 0 saturated carbocycles. The molecule has 1 N–H and O–H groups in total.